The SMILES string of the molecule is CN=C(NCCc1cccc(F)c1)NCc1cccc(CN2CCCC(C(N)=O)C2)c1. The van der Waals surface area contributed by atoms with Gasteiger partial charge in [0.25, 0.3) is 0 Å². The van der Waals surface area contributed by atoms with Gasteiger partial charge in [-0.05, 0) is 54.6 Å². The molecule has 0 saturated carbocycles. The molecule has 31 heavy (non-hydrogen) atoms. The first kappa shape index (κ1) is 22.7. The number of hydrogen-bond donors (Lipinski definition) is 3. The standard InChI is InChI=1S/C24H32FN5O/c1-27-24(28-11-10-18-5-3-9-22(25)14-18)29-15-19-6-2-7-20(13-19)16-30-12-4-8-21(17-30)23(26)31/h2-3,5-7,9,13-14,21H,4,8,10-12,15-17H2,1H3,(H2,26,31)(H2,27,28,29). The Balaban J connectivity index is 1.46. The Labute approximate surface area is 183 Å². The van der Waals surface area contributed by atoms with Crippen molar-refractivity contribution in [3.63, 3.8) is 0 Å². The average molecular weight is 426 g/mol. The first-order chi connectivity index (χ1) is 15.0. The minimum atomic E-state index is -0.213. The van der Waals surface area contributed by atoms with Gasteiger partial charge in [-0.25, -0.2) is 4.39 Å². The third-order valence-corrected chi connectivity index (χ3v) is 5.58. The molecule has 1 unspecified atom stereocenters. The van der Waals surface area contributed by atoms with E-state index in [1.165, 1.54) is 11.6 Å². The number of likely N-dealkylation sites (tertiary alicyclic amines) is 1. The van der Waals surface area contributed by atoms with E-state index >= 15 is 0 Å². The molecular weight excluding hydrogens is 393 g/mol. The molecule has 1 aliphatic heterocycles. The van der Waals surface area contributed by atoms with Crippen LogP contribution in [0.15, 0.2) is 53.5 Å². The van der Waals surface area contributed by atoms with E-state index in [-0.39, 0.29) is 17.6 Å². The number of aliphatic imine (C=N–C) groups is 1. The van der Waals surface area contributed by atoms with Crippen LogP contribution >= 0.6 is 0 Å². The Kier molecular flexibility index (Phi) is 8.41. The maximum Gasteiger partial charge on any atom is 0.221 e. The molecule has 0 aliphatic carbocycles. The maximum absolute atomic E-state index is 13.3. The van der Waals surface area contributed by atoms with Crippen LogP contribution in [0.4, 0.5) is 4.39 Å². The highest BCUT2D eigenvalue weighted by Gasteiger charge is 2.23. The van der Waals surface area contributed by atoms with Gasteiger partial charge in [0.1, 0.15) is 5.82 Å². The lowest BCUT2D eigenvalue weighted by Gasteiger charge is -2.31. The van der Waals surface area contributed by atoms with Crippen molar-refractivity contribution in [2.24, 2.45) is 16.6 Å². The molecule has 1 aliphatic rings. The van der Waals surface area contributed by atoms with Gasteiger partial charge in [-0.3, -0.25) is 14.7 Å². The summed E-state index contributed by atoms with van der Waals surface area (Å²) >= 11 is 0. The Bertz CT molecular complexity index is 901. The van der Waals surface area contributed by atoms with Gasteiger partial charge in [0.2, 0.25) is 5.91 Å². The van der Waals surface area contributed by atoms with Crippen LogP contribution < -0.4 is 16.4 Å². The van der Waals surface area contributed by atoms with E-state index in [2.05, 4.69) is 44.8 Å². The van der Waals surface area contributed by atoms with Gasteiger partial charge in [0, 0.05) is 33.2 Å². The monoisotopic (exact) mass is 425 g/mol. The second-order valence-corrected chi connectivity index (χ2v) is 8.03. The van der Waals surface area contributed by atoms with Crippen LogP contribution in [0.3, 0.4) is 0 Å². The molecule has 1 amide bonds. The number of piperidine rings is 1. The van der Waals surface area contributed by atoms with Gasteiger partial charge in [0.15, 0.2) is 5.96 Å². The number of benzene rings is 2. The molecule has 0 bridgehead atoms. The Hall–Kier alpha value is -2.93. The maximum atomic E-state index is 13.3. The van der Waals surface area contributed by atoms with Gasteiger partial charge in [-0.2, -0.15) is 0 Å². The fourth-order valence-electron chi connectivity index (χ4n) is 3.95. The first-order valence-corrected chi connectivity index (χ1v) is 10.8. The third kappa shape index (κ3) is 7.36. The number of primary amides is 1. The van der Waals surface area contributed by atoms with Crippen molar-refractivity contribution in [2.45, 2.75) is 32.4 Å². The number of nitrogens with zero attached hydrogens (tertiary/aromatic N) is 2. The molecule has 0 spiro atoms. The number of carbonyl (C=O) groups excluding carboxylic acids is 1. The molecule has 2 aromatic carbocycles. The molecular formula is C24H32FN5O. The lowest BCUT2D eigenvalue weighted by molar-refractivity contribution is -0.123. The number of rotatable bonds is 8. The molecule has 1 fully saturated rings. The van der Waals surface area contributed by atoms with Crippen molar-refractivity contribution < 1.29 is 9.18 Å². The summed E-state index contributed by atoms with van der Waals surface area (Å²) in [6.07, 6.45) is 2.61. The van der Waals surface area contributed by atoms with E-state index in [1.807, 2.05) is 6.07 Å². The van der Waals surface area contributed by atoms with Crippen molar-refractivity contribution >= 4 is 11.9 Å². The molecule has 0 aromatic heterocycles. The minimum absolute atomic E-state index is 0.0413. The lowest BCUT2D eigenvalue weighted by Crippen LogP contribution is -2.40. The summed E-state index contributed by atoms with van der Waals surface area (Å²) in [6, 6.07) is 15.1. The Morgan fingerprint density at radius 1 is 1.16 bits per heavy atom. The van der Waals surface area contributed by atoms with Crippen LogP contribution in [0.2, 0.25) is 0 Å². The van der Waals surface area contributed by atoms with Gasteiger partial charge >= 0.3 is 0 Å². The van der Waals surface area contributed by atoms with Crippen molar-refractivity contribution in [3.8, 4) is 0 Å². The number of nitrogens with two attached hydrogens (primary N) is 1. The van der Waals surface area contributed by atoms with Crippen molar-refractivity contribution in [2.75, 3.05) is 26.7 Å². The van der Waals surface area contributed by atoms with Crippen LogP contribution in [-0.2, 0) is 24.3 Å². The highest BCUT2D eigenvalue weighted by atomic mass is 19.1. The second kappa shape index (κ2) is 11.5. The third-order valence-electron chi connectivity index (χ3n) is 5.58. The van der Waals surface area contributed by atoms with Gasteiger partial charge in [-0.1, -0.05) is 36.4 Å². The predicted molar refractivity (Wildman–Crippen MR) is 122 cm³/mol. The van der Waals surface area contributed by atoms with Crippen molar-refractivity contribution in [3.05, 3.63) is 71.0 Å². The zero-order chi connectivity index (χ0) is 22.1. The molecule has 7 heteroatoms. The molecule has 1 saturated heterocycles. The molecule has 4 N–H and O–H groups in total. The molecule has 166 valence electrons. The van der Waals surface area contributed by atoms with Gasteiger partial charge < -0.3 is 16.4 Å². The van der Waals surface area contributed by atoms with Crippen LogP contribution in [0.25, 0.3) is 0 Å². The molecule has 1 heterocycles. The largest absolute Gasteiger partial charge is 0.369 e. The van der Waals surface area contributed by atoms with E-state index in [4.69, 9.17) is 5.73 Å². The van der Waals surface area contributed by atoms with Gasteiger partial charge in [-0.15, -0.1) is 0 Å². The summed E-state index contributed by atoms with van der Waals surface area (Å²) in [4.78, 5) is 18.1. The number of nitrogens with one attached hydrogen (secondary N) is 2. The summed E-state index contributed by atoms with van der Waals surface area (Å²) in [5.74, 6) is 0.260. The lowest BCUT2D eigenvalue weighted by atomic mass is 9.97. The summed E-state index contributed by atoms with van der Waals surface area (Å²) in [5.41, 5.74) is 8.83. The Morgan fingerprint density at radius 2 is 1.94 bits per heavy atom. The van der Waals surface area contributed by atoms with Crippen molar-refractivity contribution in [1.29, 1.82) is 0 Å². The summed E-state index contributed by atoms with van der Waals surface area (Å²) in [6.45, 7) is 3.86. The van der Waals surface area contributed by atoms with Gasteiger partial charge in [0.05, 0.1) is 5.92 Å². The molecule has 3 rings (SSSR count). The predicted octanol–water partition coefficient (Wildman–Crippen LogP) is 2.43. The normalized spacial score (nSPS) is 17.4. The highest BCUT2D eigenvalue weighted by Crippen LogP contribution is 2.18. The first-order valence-electron chi connectivity index (χ1n) is 10.8. The number of halogens is 1. The number of amides is 1. The van der Waals surface area contributed by atoms with Crippen LogP contribution in [0.5, 0.6) is 0 Å². The second-order valence-electron chi connectivity index (χ2n) is 8.03. The molecule has 0 radical (unpaired) electrons. The zero-order valence-electron chi connectivity index (χ0n) is 18.1. The van der Waals surface area contributed by atoms with E-state index in [1.54, 1.807) is 19.2 Å². The fraction of sp³-hybridized carbons (Fsp3) is 0.417. The number of hydrogen-bond acceptors (Lipinski definition) is 3. The number of guanidine groups is 1. The molecule has 2 aromatic rings. The summed E-state index contributed by atoms with van der Waals surface area (Å²) in [7, 11) is 1.74. The zero-order valence-corrected chi connectivity index (χ0v) is 18.1. The Morgan fingerprint density at radius 3 is 2.71 bits per heavy atom. The molecule has 6 nitrogen and oxygen atoms in total. The number of carbonyl (C=O) groups is 1. The fourth-order valence-corrected chi connectivity index (χ4v) is 3.95. The van der Waals surface area contributed by atoms with E-state index in [0.29, 0.717) is 19.0 Å². The topological polar surface area (TPSA) is 82.8 Å². The van der Waals surface area contributed by atoms with Crippen LogP contribution in [0, 0.1) is 11.7 Å². The van der Waals surface area contributed by atoms with Crippen LogP contribution in [0.1, 0.15) is 29.5 Å². The smallest absolute Gasteiger partial charge is 0.221 e. The quantitative estimate of drug-likeness (QED) is 0.448. The van der Waals surface area contributed by atoms with E-state index in [0.717, 1.165) is 50.0 Å². The summed E-state index contributed by atoms with van der Waals surface area (Å²) in [5, 5.41) is 6.59. The van der Waals surface area contributed by atoms with E-state index in [9.17, 15) is 9.18 Å². The highest BCUT2D eigenvalue weighted by molar-refractivity contribution is 5.79. The molecule has 1 atom stereocenters. The summed E-state index contributed by atoms with van der Waals surface area (Å²) < 4.78 is 13.3. The minimum Gasteiger partial charge on any atom is -0.369 e. The van der Waals surface area contributed by atoms with E-state index < -0.39 is 0 Å². The van der Waals surface area contributed by atoms with Crippen LogP contribution in [-0.4, -0.2) is 43.4 Å². The van der Waals surface area contributed by atoms with Crippen molar-refractivity contribution in [1.82, 2.24) is 15.5 Å². The average Bonchev–Trinajstić information content (AvgIpc) is 2.76.